The minimum absolute atomic E-state index is 0. The SMILES string of the molecule is COc1ccc(-n2ccc(CNC(=O)C3(S(C)(=O)=O)CCNCC3)n2)cc1.Cl. The zero-order valence-corrected chi connectivity index (χ0v) is 17.5. The molecule has 10 heteroatoms. The van der Waals surface area contributed by atoms with Crippen molar-refractivity contribution in [3.05, 3.63) is 42.2 Å². The lowest BCUT2D eigenvalue weighted by Crippen LogP contribution is -2.57. The second kappa shape index (κ2) is 8.93. The van der Waals surface area contributed by atoms with Gasteiger partial charge >= 0.3 is 0 Å². The van der Waals surface area contributed by atoms with E-state index in [-0.39, 0.29) is 31.8 Å². The van der Waals surface area contributed by atoms with Gasteiger partial charge in [-0.2, -0.15) is 5.10 Å². The topological polar surface area (TPSA) is 102 Å². The molecule has 0 bridgehead atoms. The highest BCUT2D eigenvalue weighted by atomic mass is 35.5. The maximum absolute atomic E-state index is 12.7. The quantitative estimate of drug-likeness (QED) is 0.713. The summed E-state index contributed by atoms with van der Waals surface area (Å²) >= 11 is 0. The van der Waals surface area contributed by atoms with Crippen molar-refractivity contribution < 1.29 is 17.9 Å². The Kier molecular flexibility index (Phi) is 7.08. The number of ether oxygens (including phenoxy) is 1. The molecule has 1 aliphatic heterocycles. The minimum Gasteiger partial charge on any atom is -0.497 e. The van der Waals surface area contributed by atoms with E-state index in [9.17, 15) is 13.2 Å². The van der Waals surface area contributed by atoms with Crippen molar-refractivity contribution >= 4 is 28.2 Å². The maximum atomic E-state index is 12.7. The molecule has 8 nitrogen and oxygen atoms in total. The van der Waals surface area contributed by atoms with Gasteiger partial charge in [0, 0.05) is 12.5 Å². The highest BCUT2D eigenvalue weighted by Gasteiger charge is 2.48. The van der Waals surface area contributed by atoms with Gasteiger partial charge in [0.15, 0.2) is 14.6 Å². The molecule has 0 atom stereocenters. The van der Waals surface area contributed by atoms with Crippen LogP contribution >= 0.6 is 12.4 Å². The van der Waals surface area contributed by atoms with Crippen LogP contribution in [0.4, 0.5) is 0 Å². The third-order valence-electron chi connectivity index (χ3n) is 4.95. The Labute approximate surface area is 171 Å². The molecule has 3 rings (SSSR count). The Balaban J connectivity index is 0.00000280. The van der Waals surface area contributed by atoms with Gasteiger partial charge in [-0.3, -0.25) is 4.79 Å². The second-order valence-corrected chi connectivity index (χ2v) is 8.97. The number of halogens is 1. The average molecular weight is 429 g/mol. The zero-order valence-electron chi connectivity index (χ0n) is 15.8. The van der Waals surface area contributed by atoms with Gasteiger partial charge in [-0.15, -0.1) is 12.4 Å². The Morgan fingerprint density at radius 1 is 1.25 bits per heavy atom. The monoisotopic (exact) mass is 428 g/mol. The van der Waals surface area contributed by atoms with Gasteiger partial charge in [0.2, 0.25) is 5.91 Å². The predicted octanol–water partition coefficient (Wildman–Crippen LogP) is 1.09. The van der Waals surface area contributed by atoms with Crippen molar-refractivity contribution in [1.29, 1.82) is 0 Å². The number of carbonyl (C=O) groups excluding carboxylic acids is 1. The fraction of sp³-hybridized carbons (Fsp3) is 0.444. The number of hydrogen-bond donors (Lipinski definition) is 2. The molecule has 1 aliphatic rings. The largest absolute Gasteiger partial charge is 0.497 e. The van der Waals surface area contributed by atoms with Crippen LogP contribution in [-0.2, 0) is 21.2 Å². The molecule has 0 unspecified atom stereocenters. The number of piperidine rings is 1. The zero-order chi connectivity index (χ0) is 19.5. The summed E-state index contributed by atoms with van der Waals surface area (Å²) in [6.45, 7) is 1.19. The summed E-state index contributed by atoms with van der Waals surface area (Å²) in [5.41, 5.74) is 1.51. The third-order valence-corrected chi connectivity index (χ3v) is 6.96. The molecule has 0 spiro atoms. The molecule has 1 aromatic heterocycles. The van der Waals surface area contributed by atoms with Gasteiger partial charge < -0.3 is 15.4 Å². The van der Waals surface area contributed by atoms with Crippen LogP contribution in [0.3, 0.4) is 0 Å². The molecule has 1 fully saturated rings. The van der Waals surface area contributed by atoms with Crippen LogP contribution in [0.25, 0.3) is 5.69 Å². The number of rotatable bonds is 6. The smallest absolute Gasteiger partial charge is 0.241 e. The lowest BCUT2D eigenvalue weighted by molar-refractivity contribution is -0.124. The standard InChI is InChI=1S/C18H24N4O4S.ClH/c1-26-16-5-3-15(4-6-16)22-12-7-14(21-22)13-20-17(23)18(27(2,24)25)8-10-19-11-9-18;/h3-7,12,19H,8-11,13H2,1-2H3,(H,20,23);1H. The van der Waals surface area contributed by atoms with E-state index < -0.39 is 20.5 Å². The molecule has 1 aromatic carbocycles. The maximum Gasteiger partial charge on any atom is 0.241 e. The number of carbonyl (C=O) groups is 1. The van der Waals surface area contributed by atoms with Crippen molar-refractivity contribution in [3.63, 3.8) is 0 Å². The summed E-state index contributed by atoms with van der Waals surface area (Å²) in [4.78, 5) is 12.7. The molecule has 0 radical (unpaired) electrons. The van der Waals surface area contributed by atoms with E-state index in [4.69, 9.17) is 4.74 Å². The van der Waals surface area contributed by atoms with Crippen LogP contribution in [-0.4, -0.2) is 55.3 Å². The Bertz CT molecular complexity index is 906. The second-order valence-electron chi connectivity index (χ2n) is 6.65. The van der Waals surface area contributed by atoms with E-state index in [1.807, 2.05) is 24.3 Å². The van der Waals surface area contributed by atoms with Crippen molar-refractivity contribution in [1.82, 2.24) is 20.4 Å². The lowest BCUT2D eigenvalue weighted by atomic mass is 9.96. The van der Waals surface area contributed by atoms with Crippen LogP contribution in [0.1, 0.15) is 18.5 Å². The van der Waals surface area contributed by atoms with Gasteiger partial charge in [-0.25, -0.2) is 13.1 Å². The summed E-state index contributed by atoms with van der Waals surface area (Å²) < 4.78 is 30.0. The Morgan fingerprint density at radius 3 is 2.46 bits per heavy atom. The fourth-order valence-electron chi connectivity index (χ4n) is 3.26. The summed E-state index contributed by atoms with van der Waals surface area (Å²) in [6, 6.07) is 9.22. The third kappa shape index (κ3) is 4.48. The number of sulfone groups is 1. The molecular formula is C18H25ClN4O4S. The van der Waals surface area contributed by atoms with Crippen molar-refractivity contribution in [2.75, 3.05) is 26.5 Å². The van der Waals surface area contributed by atoms with Crippen LogP contribution in [0, 0.1) is 0 Å². The van der Waals surface area contributed by atoms with E-state index in [0.717, 1.165) is 17.7 Å². The van der Waals surface area contributed by atoms with E-state index in [1.54, 1.807) is 24.1 Å². The number of amides is 1. The summed E-state index contributed by atoms with van der Waals surface area (Å²) in [7, 11) is -1.92. The molecule has 0 aliphatic carbocycles. The average Bonchev–Trinajstić information content (AvgIpc) is 3.15. The highest BCUT2D eigenvalue weighted by Crippen LogP contribution is 2.28. The lowest BCUT2D eigenvalue weighted by Gasteiger charge is -2.34. The van der Waals surface area contributed by atoms with Gasteiger partial charge in [0.25, 0.3) is 0 Å². The molecule has 0 saturated carbocycles. The van der Waals surface area contributed by atoms with Gasteiger partial charge in [0.1, 0.15) is 5.75 Å². The van der Waals surface area contributed by atoms with Crippen LogP contribution in [0.2, 0.25) is 0 Å². The van der Waals surface area contributed by atoms with E-state index >= 15 is 0 Å². The minimum atomic E-state index is -3.53. The molecular weight excluding hydrogens is 404 g/mol. The molecule has 2 aromatic rings. The number of aromatic nitrogens is 2. The number of methoxy groups -OCH3 is 1. The fourth-order valence-corrected chi connectivity index (χ4v) is 4.62. The number of nitrogens with zero attached hydrogens (tertiary/aromatic N) is 2. The van der Waals surface area contributed by atoms with Crippen LogP contribution in [0.5, 0.6) is 5.75 Å². The Morgan fingerprint density at radius 2 is 1.89 bits per heavy atom. The number of hydrogen-bond acceptors (Lipinski definition) is 6. The number of nitrogens with one attached hydrogen (secondary N) is 2. The first-order chi connectivity index (χ1) is 12.9. The van der Waals surface area contributed by atoms with E-state index in [2.05, 4.69) is 15.7 Å². The first-order valence-corrected chi connectivity index (χ1v) is 10.6. The molecule has 2 N–H and O–H groups in total. The van der Waals surface area contributed by atoms with Gasteiger partial charge in [0.05, 0.1) is 25.0 Å². The summed E-state index contributed by atoms with van der Waals surface area (Å²) in [5.74, 6) is 0.303. The first kappa shape index (κ1) is 22.2. The molecule has 28 heavy (non-hydrogen) atoms. The van der Waals surface area contributed by atoms with Crippen molar-refractivity contribution in [2.45, 2.75) is 24.1 Å². The predicted molar refractivity (Wildman–Crippen MR) is 109 cm³/mol. The summed E-state index contributed by atoms with van der Waals surface area (Å²) in [5, 5.41) is 10.3. The molecule has 2 heterocycles. The van der Waals surface area contributed by atoms with Crippen molar-refractivity contribution in [2.24, 2.45) is 0 Å². The van der Waals surface area contributed by atoms with E-state index in [1.165, 1.54) is 0 Å². The van der Waals surface area contributed by atoms with E-state index in [0.29, 0.717) is 18.8 Å². The summed E-state index contributed by atoms with van der Waals surface area (Å²) in [6.07, 6.45) is 3.48. The van der Waals surface area contributed by atoms with Gasteiger partial charge in [-0.05, 0) is 56.3 Å². The molecule has 1 amide bonds. The molecule has 154 valence electrons. The van der Waals surface area contributed by atoms with Crippen LogP contribution < -0.4 is 15.4 Å². The normalized spacial score (nSPS) is 16.1. The molecule has 1 saturated heterocycles. The Hall–Kier alpha value is -2.10. The highest BCUT2D eigenvalue weighted by molar-refractivity contribution is 7.92. The first-order valence-electron chi connectivity index (χ1n) is 8.73. The van der Waals surface area contributed by atoms with Crippen LogP contribution in [0.15, 0.2) is 36.5 Å². The van der Waals surface area contributed by atoms with Gasteiger partial charge in [-0.1, -0.05) is 0 Å². The van der Waals surface area contributed by atoms with Crippen molar-refractivity contribution in [3.8, 4) is 11.4 Å². The number of benzene rings is 1.